The molecular formula is C14H18N2O2. The van der Waals surface area contributed by atoms with Crippen LogP contribution < -0.4 is 4.74 Å². The molecule has 1 aromatic heterocycles. The lowest BCUT2D eigenvalue weighted by Gasteiger charge is -2.11. The Morgan fingerprint density at radius 1 is 1.28 bits per heavy atom. The fourth-order valence-electron chi connectivity index (χ4n) is 2.04. The third-order valence-corrected chi connectivity index (χ3v) is 3.22. The lowest BCUT2D eigenvalue weighted by atomic mass is 10.0. The summed E-state index contributed by atoms with van der Waals surface area (Å²) in [6.07, 6.45) is 2.35. The van der Waals surface area contributed by atoms with E-state index in [-0.39, 0.29) is 6.61 Å². The van der Waals surface area contributed by atoms with Gasteiger partial charge < -0.3 is 14.8 Å². The zero-order chi connectivity index (χ0) is 13.1. The highest BCUT2D eigenvalue weighted by Crippen LogP contribution is 2.29. The van der Waals surface area contributed by atoms with Crippen LogP contribution in [0.5, 0.6) is 5.75 Å². The molecule has 0 radical (unpaired) electrons. The smallest absolute Gasteiger partial charge is 0.122 e. The van der Waals surface area contributed by atoms with Crippen LogP contribution in [0.1, 0.15) is 17.0 Å². The van der Waals surface area contributed by atoms with Gasteiger partial charge in [0.05, 0.1) is 25.6 Å². The number of ether oxygens (including phenoxy) is 1. The van der Waals surface area contributed by atoms with Crippen molar-refractivity contribution in [1.82, 2.24) is 9.97 Å². The van der Waals surface area contributed by atoms with Gasteiger partial charge >= 0.3 is 0 Å². The van der Waals surface area contributed by atoms with E-state index in [1.54, 1.807) is 13.3 Å². The molecule has 0 spiro atoms. The van der Waals surface area contributed by atoms with Crippen LogP contribution in [0.3, 0.4) is 0 Å². The summed E-state index contributed by atoms with van der Waals surface area (Å²) in [6, 6.07) is 3.99. The van der Waals surface area contributed by atoms with Crippen molar-refractivity contribution in [1.29, 1.82) is 0 Å². The second-order valence-corrected chi connectivity index (χ2v) is 4.28. The zero-order valence-electron chi connectivity index (χ0n) is 10.9. The van der Waals surface area contributed by atoms with Gasteiger partial charge in [0.1, 0.15) is 11.6 Å². The van der Waals surface area contributed by atoms with Crippen LogP contribution in [-0.2, 0) is 6.42 Å². The van der Waals surface area contributed by atoms with Crippen molar-refractivity contribution in [3.05, 3.63) is 35.3 Å². The van der Waals surface area contributed by atoms with Gasteiger partial charge in [-0.2, -0.15) is 0 Å². The molecule has 0 atom stereocenters. The van der Waals surface area contributed by atoms with Crippen LogP contribution in [0, 0.1) is 13.8 Å². The van der Waals surface area contributed by atoms with Crippen molar-refractivity contribution in [3.8, 4) is 17.0 Å². The van der Waals surface area contributed by atoms with Crippen LogP contribution in [0.15, 0.2) is 18.3 Å². The molecule has 1 heterocycles. The summed E-state index contributed by atoms with van der Waals surface area (Å²) in [5, 5.41) is 8.89. The van der Waals surface area contributed by atoms with E-state index < -0.39 is 0 Å². The molecule has 0 aliphatic carbocycles. The van der Waals surface area contributed by atoms with Crippen LogP contribution in [0.2, 0.25) is 0 Å². The minimum Gasteiger partial charge on any atom is -0.496 e. The Morgan fingerprint density at radius 3 is 2.72 bits per heavy atom. The molecule has 2 aromatic rings. The van der Waals surface area contributed by atoms with E-state index in [2.05, 4.69) is 16.9 Å². The SMILES string of the molecule is COc1ccc(-c2cnc(CCO)[nH]2)c(C)c1C. The fraction of sp³-hybridized carbons (Fsp3) is 0.357. The van der Waals surface area contributed by atoms with E-state index in [4.69, 9.17) is 9.84 Å². The van der Waals surface area contributed by atoms with E-state index in [1.807, 2.05) is 19.1 Å². The second kappa shape index (κ2) is 5.23. The predicted molar refractivity (Wildman–Crippen MR) is 70.8 cm³/mol. The van der Waals surface area contributed by atoms with Gasteiger partial charge in [0.15, 0.2) is 0 Å². The Morgan fingerprint density at radius 2 is 2.06 bits per heavy atom. The molecule has 2 N–H and O–H groups in total. The number of hydrogen-bond donors (Lipinski definition) is 2. The molecule has 0 saturated carbocycles. The van der Waals surface area contributed by atoms with Crippen LogP contribution in [0.4, 0.5) is 0 Å². The molecule has 4 nitrogen and oxygen atoms in total. The predicted octanol–water partition coefficient (Wildman–Crippen LogP) is 2.24. The normalized spacial score (nSPS) is 10.7. The molecule has 96 valence electrons. The summed E-state index contributed by atoms with van der Waals surface area (Å²) in [7, 11) is 1.68. The number of nitrogens with zero attached hydrogens (tertiary/aromatic N) is 1. The molecule has 0 amide bonds. The maximum absolute atomic E-state index is 8.89. The van der Waals surface area contributed by atoms with Crippen molar-refractivity contribution >= 4 is 0 Å². The standard InChI is InChI=1S/C14H18N2O2/c1-9-10(2)13(18-3)5-4-11(9)12-8-15-14(16-12)6-7-17/h4-5,8,17H,6-7H2,1-3H3,(H,15,16). The van der Waals surface area contributed by atoms with E-state index in [0.29, 0.717) is 6.42 Å². The first-order valence-corrected chi connectivity index (χ1v) is 5.96. The second-order valence-electron chi connectivity index (χ2n) is 4.28. The van der Waals surface area contributed by atoms with Crippen molar-refractivity contribution in [2.24, 2.45) is 0 Å². The molecule has 0 bridgehead atoms. The monoisotopic (exact) mass is 246 g/mol. The van der Waals surface area contributed by atoms with Crippen LogP contribution in [0.25, 0.3) is 11.3 Å². The summed E-state index contributed by atoms with van der Waals surface area (Å²) in [4.78, 5) is 7.47. The average molecular weight is 246 g/mol. The van der Waals surface area contributed by atoms with Crippen molar-refractivity contribution < 1.29 is 9.84 Å². The highest BCUT2D eigenvalue weighted by molar-refractivity contribution is 5.66. The van der Waals surface area contributed by atoms with Crippen molar-refractivity contribution in [2.45, 2.75) is 20.3 Å². The quantitative estimate of drug-likeness (QED) is 0.869. The molecule has 1 aromatic carbocycles. The minimum atomic E-state index is 0.105. The zero-order valence-corrected chi connectivity index (χ0v) is 10.9. The number of aromatic amines is 1. The van der Waals surface area contributed by atoms with Gasteiger partial charge in [-0.3, -0.25) is 0 Å². The molecule has 0 aliphatic heterocycles. The Labute approximate surface area is 107 Å². The van der Waals surface area contributed by atoms with Gasteiger partial charge in [0.2, 0.25) is 0 Å². The number of rotatable bonds is 4. The van der Waals surface area contributed by atoms with Gasteiger partial charge in [-0.1, -0.05) is 0 Å². The number of imidazole rings is 1. The number of nitrogens with one attached hydrogen (secondary N) is 1. The first-order valence-electron chi connectivity index (χ1n) is 5.96. The average Bonchev–Trinajstić information content (AvgIpc) is 2.81. The van der Waals surface area contributed by atoms with Gasteiger partial charge in [0, 0.05) is 12.0 Å². The maximum atomic E-state index is 8.89. The molecule has 0 unspecified atom stereocenters. The number of aliphatic hydroxyl groups is 1. The van der Waals surface area contributed by atoms with E-state index in [1.165, 1.54) is 5.56 Å². The summed E-state index contributed by atoms with van der Waals surface area (Å²) in [6.45, 7) is 4.22. The molecule has 0 aliphatic rings. The molecule has 0 fully saturated rings. The molecule has 4 heteroatoms. The van der Waals surface area contributed by atoms with Gasteiger partial charge in [-0.15, -0.1) is 0 Å². The third kappa shape index (κ3) is 2.24. The van der Waals surface area contributed by atoms with Gasteiger partial charge in [-0.25, -0.2) is 4.98 Å². The number of methoxy groups -OCH3 is 1. The largest absolute Gasteiger partial charge is 0.496 e. The van der Waals surface area contributed by atoms with Crippen LogP contribution in [-0.4, -0.2) is 28.8 Å². The highest BCUT2D eigenvalue weighted by Gasteiger charge is 2.10. The number of H-pyrrole nitrogens is 1. The van der Waals surface area contributed by atoms with Crippen molar-refractivity contribution in [3.63, 3.8) is 0 Å². The van der Waals surface area contributed by atoms with E-state index in [0.717, 1.165) is 28.4 Å². The molecule has 2 rings (SSSR count). The molecular weight excluding hydrogens is 228 g/mol. The van der Waals surface area contributed by atoms with E-state index in [9.17, 15) is 0 Å². The first kappa shape index (κ1) is 12.6. The minimum absolute atomic E-state index is 0.105. The fourth-order valence-corrected chi connectivity index (χ4v) is 2.04. The van der Waals surface area contributed by atoms with Crippen LogP contribution >= 0.6 is 0 Å². The molecule has 18 heavy (non-hydrogen) atoms. The summed E-state index contributed by atoms with van der Waals surface area (Å²) in [5.41, 5.74) is 4.40. The topological polar surface area (TPSA) is 58.1 Å². The Kier molecular flexibility index (Phi) is 3.67. The first-order chi connectivity index (χ1) is 8.67. The van der Waals surface area contributed by atoms with Crippen molar-refractivity contribution in [2.75, 3.05) is 13.7 Å². The summed E-state index contributed by atoms with van der Waals surface area (Å²) in [5.74, 6) is 1.70. The number of benzene rings is 1. The molecule has 0 saturated heterocycles. The number of aliphatic hydroxyl groups excluding tert-OH is 1. The lowest BCUT2D eigenvalue weighted by molar-refractivity contribution is 0.297. The number of hydrogen-bond acceptors (Lipinski definition) is 3. The highest BCUT2D eigenvalue weighted by atomic mass is 16.5. The van der Waals surface area contributed by atoms with Gasteiger partial charge in [-0.05, 0) is 37.1 Å². The summed E-state index contributed by atoms with van der Waals surface area (Å²) >= 11 is 0. The number of aromatic nitrogens is 2. The Balaban J connectivity index is 2.41. The third-order valence-electron chi connectivity index (χ3n) is 3.22. The summed E-state index contributed by atoms with van der Waals surface area (Å²) < 4.78 is 5.30. The maximum Gasteiger partial charge on any atom is 0.122 e. The Bertz CT molecular complexity index is 547. The van der Waals surface area contributed by atoms with Gasteiger partial charge in [0.25, 0.3) is 0 Å². The Hall–Kier alpha value is -1.81. The lowest BCUT2D eigenvalue weighted by Crippen LogP contribution is -1.94. The van der Waals surface area contributed by atoms with E-state index >= 15 is 0 Å².